The van der Waals surface area contributed by atoms with E-state index in [-0.39, 0.29) is 5.91 Å². The zero-order chi connectivity index (χ0) is 15.2. The van der Waals surface area contributed by atoms with Crippen LogP contribution in [0.5, 0.6) is 0 Å². The van der Waals surface area contributed by atoms with Crippen molar-refractivity contribution in [3.63, 3.8) is 0 Å². The van der Waals surface area contributed by atoms with Crippen LogP contribution in [0.2, 0.25) is 0 Å². The van der Waals surface area contributed by atoms with Gasteiger partial charge in [-0.05, 0) is 36.6 Å². The standard InChI is InChI=1S/C16H19NO4/c1-11-13(5-6-15(18)19)3-2-4-14(11)16(20)17-9-12-7-8-21-10-12/h2-6,12H,7-10H2,1H3,(H,17,20)(H,18,19). The van der Waals surface area contributed by atoms with Gasteiger partial charge >= 0.3 is 5.97 Å². The van der Waals surface area contributed by atoms with E-state index in [9.17, 15) is 9.59 Å². The van der Waals surface area contributed by atoms with Gasteiger partial charge in [0.25, 0.3) is 5.91 Å². The average molecular weight is 289 g/mol. The van der Waals surface area contributed by atoms with Gasteiger partial charge in [-0.2, -0.15) is 0 Å². The fourth-order valence-corrected chi connectivity index (χ4v) is 2.32. The van der Waals surface area contributed by atoms with Gasteiger partial charge < -0.3 is 15.2 Å². The predicted molar refractivity (Wildman–Crippen MR) is 79.1 cm³/mol. The molecule has 1 fully saturated rings. The van der Waals surface area contributed by atoms with Crippen LogP contribution in [0.25, 0.3) is 6.08 Å². The second kappa shape index (κ2) is 7.04. The number of amides is 1. The Morgan fingerprint density at radius 1 is 1.48 bits per heavy atom. The molecule has 1 aromatic rings. The summed E-state index contributed by atoms with van der Waals surface area (Å²) in [4.78, 5) is 22.8. The summed E-state index contributed by atoms with van der Waals surface area (Å²) in [5, 5.41) is 11.6. The number of ether oxygens (including phenoxy) is 1. The van der Waals surface area contributed by atoms with Crippen LogP contribution in [0.3, 0.4) is 0 Å². The molecule has 0 spiro atoms. The Kier molecular flexibility index (Phi) is 5.11. The lowest BCUT2D eigenvalue weighted by atomic mass is 10.0. The number of aliphatic carboxylic acids is 1. The number of carbonyl (C=O) groups is 2. The molecule has 112 valence electrons. The summed E-state index contributed by atoms with van der Waals surface area (Å²) in [5.74, 6) is -0.764. The van der Waals surface area contributed by atoms with Crippen molar-refractivity contribution >= 4 is 18.0 Å². The maximum absolute atomic E-state index is 12.2. The number of hydrogen-bond acceptors (Lipinski definition) is 3. The smallest absolute Gasteiger partial charge is 0.328 e. The van der Waals surface area contributed by atoms with Crippen molar-refractivity contribution in [3.05, 3.63) is 41.0 Å². The maximum atomic E-state index is 12.2. The van der Waals surface area contributed by atoms with E-state index in [0.29, 0.717) is 24.6 Å². The van der Waals surface area contributed by atoms with Gasteiger partial charge in [0.05, 0.1) is 6.61 Å². The molecule has 1 atom stereocenters. The molecule has 1 amide bonds. The Hall–Kier alpha value is -2.14. The predicted octanol–water partition coefficient (Wildman–Crippen LogP) is 1.86. The van der Waals surface area contributed by atoms with Crippen molar-refractivity contribution in [2.45, 2.75) is 13.3 Å². The molecule has 5 nitrogen and oxygen atoms in total. The second-order valence-corrected chi connectivity index (χ2v) is 5.13. The van der Waals surface area contributed by atoms with Crippen molar-refractivity contribution < 1.29 is 19.4 Å². The number of hydrogen-bond donors (Lipinski definition) is 2. The lowest BCUT2D eigenvalue weighted by Crippen LogP contribution is -2.30. The Bertz CT molecular complexity index is 559. The van der Waals surface area contributed by atoms with Gasteiger partial charge in [0.15, 0.2) is 0 Å². The minimum absolute atomic E-state index is 0.134. The first-order valence-corrected chi connectivity index (χ1v) is 6.94. The number of carbonyl (C=O) groups excluding carboxylic acids is 1. The van der Waals surface area contributed by atoms with Crippen LogP contribution in [0.15, 0.2) is 24.3 Å². The van der Waals surface area contributed by atoms with Crippen LogP contribution in [-0.4, -0.2) is 36.7 Å². The molecule has 21 heavy (non-hydrogen) atoms. The Labute approximate surface area is 123 Å². The first-order chi connectivity index (χ1) is 10.1. The molecule has 1 aliphatic rings. The molecule has 0 radical (unpaired) electrons. The van der Waals surface area contributed by atoms with Crippen molar-refractivity contribution in [2.24, 2.45) is 5.92 Å². The highest BCUT2D eigenvalue weighted by molar-refractivity contribution is 5.97. The van der Waals surface area contributed by atoms with Gasteiger partial charge in [-0.25, -0.2) is 4.79 Å². The maximum Gasteiger partial charge on any atom is 0.328 e. The third-order valence-electron chi connectivity index (χ3n) is 3.60. The van der Waals surface area contributed by atoms with Crippen molar-refractivity contribution in [1.29, 1.82) is 0 Å². The first kappa shape index (κ1) is 15.3. The molecule has 1 saturated heterocycles. The molecule has 1 aliphatic heterocycles. The lowest BCUT2D eigenvalue weighted by Gasteiger charge is -2.12. The van der Waals surface area contributed by atoms with E-state index in [0.717, 1.165) is 30.2 Å². The molecule has 0 bridgehead atoms. The molecule has 5 heteroatoms. The Balaban J connectivity index is 2.06. The fraction of sp³-hybridized carbons (Fsp3) is 0.375. The largest absolute Gasteiger partial charge is 0.478 e. The van der Waals surface area contributed by atoms with Gasteiger partial charge in [-0.1, -0.05) is 12.1 Å². The average Bonchev–Trinajstić information content (AvgIpc) is 2.97. The molecule has 0 aliphatic carbocycles. The van der Waals surface area contributed by atoms with Crippen LogP contribution >= 0.6 is 0 Å². The van der Waals surface area contributed by atoms with Crippen molar-refractivity contribution in [1.82, 2.24) is 5.32 Å². The van der Waals surface area contributed by atoms with Crippen LogP contribution in [0, 0.1) is 12.8 Å². The second-order valence-electron chi connectivity index (χ2n) is 5.13. The zero-order valence-electron chi connectivity index (χ0n) is 12.0. The molecular formula is C16H19NO4. The summed E-state index contributed by atoms with van der Waals surface area (Å²) in [7, 11) is 0. The highest BCUT2D eigenvalue weighted by atomic mass is 16.5. The van der Waals surface area contributed by atoms with Gasteiger partial charge in [0, 0.05) is 30.7 Å². The summed E-state index contributed by atoms with van der Waals surface area (Å²) in [5.41, 5.74) is 2.07. The molecule has 2 N–H and O–H groups in total. The van der Waals surface area contributed by atoms with E-state index in [1.54, 1.807) is 18.2 Å². The zero-order valence-corrected chi connectivity index (χ0v) is 12.0. The van der Waals surface area contributed by atoms with Crippen molar-refractivity contribution in [3.8, 4) is 0 Å². The quantitative estimate of drug-likeness (QED) is 0.811. The molecule has 0 aromatic heterocycles. The first-order valence-electron chi connectivity index (χ1n) is 6.94. The summed E-state index contributed by atoms with van der Waals surface area (Å²) in [6, 6.07) is 5.28. The highest BCUT2D eigenvalue weighted by Crippen LogP contribution is 2.16. The molecular weight excluding hydrogens is 270 g/mol. The van der Waals surface area contributed by atoms with Gasteiger partial charge in [0.1, 0.15) is 0 Å². The molecule has 2 rings (SSSR count). The van der Waals surface area contributed by atoms with Gasteiger partial charge in [0.2, 0.25) is 0 Å². The summed E-state index contributed by atoms with van der Waals surface area (Å²) in [6.07, 6.45) is 3.54. The molecule has 0 saturated carbocycles. The number of benzene rings is 1. The number of carboxylic acid groups (broad SMARTS) is 1. The third kappa shape index (κ3) is 4.16. The minimum Gasteiger partial charge on any atom is -0.478 e. The van der Waals surface area contributed by atoms with E-state index in [2.05, 4.69) is 5.32 Å². The van der Waals surface area contributed by atoms with Crippen LogP contribution in [-0.2, 0) is 9.53 Å². The highest BCUT2D eigenvalue weighted by Gasteiger charge is 2.17. The van der Waals surface area contributed by atoms with E-state index in [1.807, 2.05) is 6.92 Å². The molecule has 1 heterocycles. The van der Waals surface area contributed by atoms with Gasteiger partial charge in [-0.15, -0.1) is 0 Å². The fourth-order valence-electron chi connectivity index (χ4n) is 2.32. The van der Waals surface area contributed by atoms with E-state index < -0.39 is 5.97 Å². The van der Waals surface area contributed by atoms with E-state index in [4.69, 9.17) is 9.84 Å². The number of carboxylic acids is 1. The summed E-state index contributed by atoms with van der Waals surface area (Å²) >= 11 is 0. The monoisotopic (exact) mass is 289 g/mol. The molecule has 1 aromatic carbocycles. The molecule has 1 unspecified atom stereocenters. The topological polar surface area (TPSA) is 75.6 Å². The van der Waals surface area contributed by atoms with Gasteiger partial charge in [-0.3, -0.25) is 4.79 Å². The number of rotatable bonds is 5. The number of nitrogens with one attached hydrogen (secondary N) is 1. The van der Waals surface area contributed by atoms with Crippen molar-refractivity contribution in [2.75, 3.05) is 19.8 Å². The lowest BCUT2D eigenvalue weighted by molar-refractivity contribution is -0.131. The van der Waals surface area contributed by atoms with Crippen LogP contribution < -0.4 is 5.32 Å². The Morgan fingerprint density at radius 3 is 2.95 bits per heavy atom. The third-order valence-corrected chi connectivity index (χ3v) is 3.60. The summed E-state index contributed by atoms with van der Waals surface area (Å²) < 4.78 is 5.28. The van der Waals surface area contributed by atoms with E-state index >= 15 is 0 Å². The van der Waals surface area contributed by atoms with Crippen LogP contribution in [0.1, 0.15) is 27.9 Å². The normalized spacial score (nSPS) is 18.0. The minimum atomic E-state index is -1.01. The van der Waals surface area contributed by atoms with Crippen LogP contribution in [0.4, 0.5) is 0 Å². The summed E-state index contributed by atoms with van der Waals surface area (Å²) in [6.45, 7) is 3.87. The SMILES string of the molecule is Cc1c(C=CC(=O)O)cccc1C(=O)NCC1CCOC1. The Morgan fingerprint density at radius 2 is 2.29 bits per heavy atom. The van der Waals surface area contributed by atoms with E-state index in [1.165, 1.54) is 6.08 Å².